The van der Waals surface area contributed by atoms with Crippen molar-refractivity contribution in [1.29, 1.82) is 0 Å². The third-order valence-electron chi connectivity index (χ3n) is 3.47. The maximum Gasteiger partial charge on any atom is 0.230 e. The van der Waals surface area contributed by atoms with Crippen LogP contribution in [-0.2, 0) is 17.6 Å². The molecule has 0 spiro atoms. The summed E-state index contributed by atoms with van der Waals surface area (Å²) in [7, 11) is 0. The third-order valence-corrected chi connectivity index (χ3v) is 4.23. The average Bonchev–Trinajstić information content (AvgIpc) is 3.04. The van der Waals surface area contributed by atoms with Gasteiger partial charge in [-0.2, -0.15) is 0 Å². The number of thiazole rings is 1. The van der Waals surface area contributed by atoms with E-state index in [1.807, 2.05) is 35.7 Å². The zero-order valence-corrected chi connectivity index (χ0v) is 13.6. The standard InChI is InChI=1S/C18H17N3OS/c1-2-13-6-8-14(9-7-13)11-17(22)21-18-20-16(12-23-18)15-5-3-4-10-19-15/h3-10,12H,2,11H2,1H3,(H,20,21,22). The number of hydrogen-bond donors (Lipinski definition) is 1. The van der Waals surface area contributed by atoms with E-state index < -0.39 is 0 Å². The molecule has 0 aliphatic carbocycles. The van der Waals surface area contributed by atoms with Gasteiger partial charge in [0, 0.05) is 11.6 Å². The smallest absolute Gasteiger partial charge is 0.230 e. The lowest BCUT2D eigenvalue weighted by Gasteiger charge is -2.03. The molecule has 2 heterocycles. The number of carbonyl (C=O) groups is 1. The summed E-state index contributed by atoms with van der Waals surface area (Å²) in [6, 6.07) is 13.8. The van der Waals surface area contributed by atoms with Crippen LogP contribution in [0.4, 0.5) is 5.13 Å². The fourth-order valence-corrected chi connectivity index (χ4v) is 2.93. The van der Waals surface area contributed by atoms with E-state index in [1.54, 1.807) is 6.20 Å². The van der Waals surface area contributed by atoms with Gasteiger partial charge in [-0.15, -0.1) is 11.3 Å². The van der Waals surface area contributed by atoms with Crippen molar-refractivity contribution in [1.82, 2.24) is 9.97 Å². The van der Waals surface area contributed by atoms with Gasteiger partial charge in [0.15, 0.2) is 5.13 Å². The highest BCUT2D eigenvalue weighted by atomic mass is 32.1. The molecule has 0 unspecified atom stereocenters. The van der Waals surface area contributed by atoms with Gasteiger partial charge in [0.2, 0.25) is 5.91 Å². The Morgan fingerprint density at radius 1 is 1.09 bits per heavy atom. The zero-order valence-electron chi connectivity index (χ0n) is 12.8. The maximum atomic E-state index is 12.1. The van der Waals surface area contributed by atoms with E-state index in [9.17, 15) is 4.79 Å². The van der Waals surface area contributed by atoms with Crippen LogP contribution in [0.25, 0.3) is 11.4 Å². The minimum Gasteiger partial charge on any atom is -0.302 e. The Bertz CT molecular complexity index is 782. The largest absolute Gasteiger partial charge is 0.302 e. The number of hydrogen-bond acceptors (Lipinski definition) is 4. The van der Waals surface area contributed by atoms with Gasteiger partial charge in [0.05, 0.1) is 12.1 Å². The molecule has 5 heteroatoms. The van der Waals surface area contributed by atoms with Crippen LogP contribution in [-0.4, -0.2) is 15.9 Å². The number of nitrogens with one attached hydrogen (secondary N) is 1. The highest BCUT2D eigenvalue weighted by Gasteiger charge is 2.09. The third kappa shape index (κ3) is 4.02. The van der Waals surface area contributed by atoms with E-state index in [0.717, 1.165) is 23.4 Å². The fraction of sp³-hybridized carbons (Fsp3) is 0.167. The molecule has 0 fully saturated rings. The van der Waals surface area contributed by atoms with Gasteiger partial charge in [-0.25, -0.2) is 4.98 Å². The summed E-state index contributed by atoms with van der Waals surface area (Å²) in [4.78, 5) is 20.8. The minimum absolute atomic E-state index is 0.0591. The van der Waals surface area contributed by atoms with Crippen LogP contribution >= 0.6 is 11.3 Å². The lowest BCUT2D eigenvalue weighted by molar-refractivity contribution is -0.115. The molecular weight excluding hydrogens is 306 g/mol. The number of aromatic nitrogens is 2. The van der Waals surface area contributed by atoms with Crippen LogP contribution in [0.2, 0.25) is 0 Å². The first-order valence-electron chi connectivity index (χ1n) is 7.49. The molecule has 116 valence electrons. The number of aryl methyl sites for hydroxylation is 1. The SMILES string of the molecule is CCc1ccc(CC(=O)Nc2nc(-c3ccccn3)cs2)cc1. The summed E-state index contributed by atoms with van der Waals surface area (Å²) in [5, 5.41) is 5.34. The van der Waals surface area contributed by atoms with E-state index in [0.29, 0.717) is 11.6 Å². The van der Waals surface area contributed by atoms with Crippen molar-refractivity contribution in [2.75, 3.05) is 5.32 Å². The molecule has 23 heavy (non-hydrogen) atoms. The van der Waals surface area contributed by atoms with Crippen molar-refractivity contribution >= 4 is 22.4 Å². The summed E-state index contributed by atoms with van der Waals surface area (Å²) in [5.41, 5.74) is 3.85. The van der Waals surface area contributed by atoms with E-state index >= 15 is 0 Å². The number of carbonyl (C=O) groups excluding carboxylic acids is 1. The molecular formula is C18H17N3OS. The molecule has 0 atom stereocenters. The van der Waals surface area contributed by atoms with E-state index in [2.05, 4.69) is 34.3 Å². The molecule has 0 aliphatic heterocycles. The van der Waals surface area contributed by atoms with Crippen LogP contribution in [0.15, 0.2) is 54.0 Å². The molecule has 0 bridgehead atoms. The summed E-state index contributed by atoms with van der Waals surface area (Å²) < 4.78 is 0. The number of amides is 1. The van der Waals surface area contributed by atoms with E-state index in [-0.39, 0.29) is 5.91 Å². The molecule has 1 amide bonds. The lowest BCUT2D eigenvalue weighted by Crippen LogP contribution is -2.14. The quantitative estimate of drug-likeness (QED) is 0.773. The number of pyridine rings is 1. The van der Waals surface area contributed by atoms with Gasteiger partial charge >= 0.3 is 0 Å². The van der Waals surface area contributed by atoms with Crippen LogP contribution in [0.3, 0.4) is 0 Å². The number of nitrogens with zero attached hydrogens (tertiary/aromatic N) is 2. The second kappa shape index (κ2) is 7.15. The van der Waals surface area contributed by atoms with Gasteiger partial charge < -0.3 is 5.32 Å². The summed E-state index contributed by atoms with van der Waals surface area (Å²) >= 11 is 1.41. The molecule has 0 saturated carbocycles. The number of benzene rings is 1. The first kappa shape index (κ1) is 15.4. The number of rotatable bonds is 5. The topological polar surface area (TPSA) is 54.9 Å². The van der Waals surface area contributed by atoms with Crippen LogP contribution in [0.5, 0.6) is 0 Å². The van der Waals surface area contributed by atoms with Gasteiger partial charge in [-0.05, 0) is 29.7 Å². The molecule has 0 saturated heterocycles. The Hall–Kier alpha value is -2.53. The summed E-state index contributed by atoms with van der Waals surface area (Å²) in [6.45, 7) is 2.11. The van der Waals surface area contributed by atoms with Crippen molar-refractivity contribution in [3.05, 3.63) is 65.2 Å². The first-order chi connectivity index (χ1) is 11.2. The second-order valence-electron chi connectivity index (χ2n) is 5.15. The predicted molar refractivity (Wildman–Crippen MR) is 93.5 cm³/mol. The molecule has 0 aliphatic rings. The van der Waals surface area contributed by atoms with Crippen LogP contribution < -0.4 is 5.32 Å². The molecule has 4 nitrogen and oxygen atoms in total. The Balaban J connectivity index is 1.63. The monoisotopic (exact) mass is 323 g/mol. The number of anilines is 1. The molecule has 2 aromatic heterocycles. The molecule has 1 aromatic carbocycles. The van der Waals surface area contributed by atoms with Gasteiger partial charge in [-0.1, -0.05) is 37.3 Å². The molecule has 3 aromatic rings. The highest BCUT2D eigenvalue weighted by molar-refractivity contribution is 7.14. The Labute approximate surface area is 139 Å². The minimum atomic E-state index is -0.0591. The van der Waals surface area contributed by atoms with Crippen molar-refractivity contribution in [3.63, 3.8) is 0 Å². The first-order valence-corrected chi connectivity index (χ1v) is 8.37. The molecule has 3 rings (SSSR count). The van der Waals surface area contributed by atoms with E-state index in [1.165, 1.54) is 16.9 Å². The van der Waals surface area contributed by atoms with Crippen molar-refractivity contribution < 1.29 is 4.79 Å². The molecule has 0 radical (unpaired) electrons. The van der Waals surface area contributed by atoms with Crippen molar-refractivity contribution in [2.24, 2.45) is 0 Å². The Kier molecular flexibility index (Phi) is 4.78. The van der Waals surface area contributed by atoms with Crippen molar-refractivity contribution in [2.45, 2.75) is 19.8 Å². The fourth-order valence-electron chi connectivity index (χ4n) is 2.20. The van der Waals surface area contributed by atoms with Gasteiger partial charge in [0.25, 0.3) is 0 Å². The second-order valence-corrected chi connectivity index (χ2v) is 6.01. The normalized spacial score (nSPS) is 10.5. The average molecular weight is 323 g/mol. The molecule has 1 N–H and O–H groups in total. The van der Waals surface area contributed by atoms with Gasteiger partial charge in [-0.3, -0.25) is 9.78 Å². The van der Waals surface area contributed by atoms with E-state index in [4.69, 9.17) is 0 Å². The summed E-state index contributed by atoms with van der Waals surface area (Å²) in [6.07, 6.45) is 3.08. The highest BCUT2D eigenvalue weighted by Crippen LogP contribution is 2.23. The maximum absolute atomic E-state index is 12.1. The van der Waals surface area contributed by atoms with Crippen LogP contribution in [0, 0.1) is 0 Å². The lowest BCUT2D eigenvalue weighted by atomic mass is 10.1. The zero-order chi connectivity index (χ0) is 16.1. The van der Waals surface area contributed by atoms with Crippen molar-refractivity contribution in [3.8, 4) is 11.4 Å². The van der Waals surface area contributed by atoms with Gasteiger partial charge in [0.1, 0.15) is 5.69 Å². The Morgan fingerprint density at radius 3 is 2.57 bits per heavy atom. The predicted octanol–water partition coefficient (Wildman–Crippen LogP) is 3.95. The van der Waals surface area contributed by atoms with Crippen LogP contribution in [0.1, 0.15) is 18.1 Å². The summed E-state index contributed by atoms with van der Waals surface area (Å²) in [5.74, 6) is -0.0591. The Morgan fingerprint density at radius 2 is 1.87 bits per heavy atom.